The maximum absolute atomic E-state index is 6.84. The van der Waals surface area contributed by atoms with E-state index < -0.39 is 0 Å². The topological polar surface area (TPSA) is 18.1 Å². The molecule has 12 aromatic rings. The highest BCUT2D eigenvalue weighted by molar-refractivity contribution is 6.20. The van der Waals surface area contributed by atoms with Gasteiger partial charge in [0.25, 0.3) is 0 Å². The van der Waals surface area contributed by atoms with Crippen LogP contribution in [0.5, 0.6) is 0 Å². The SMILES string of the molecule is c1ccc(-c2cccc(-c3ccc(-c4cccc5oc6cc7c(cc6c45)c4ccccc4n7-c4ccccc4)c(-c4cc(-c5ccccc5)cc(-c5ccccc5)c4)c3)c2)cc1. The molecule has 0 radical (unpaired) electrons. The van der Waals surface area contributed by atoms with Gasteiger partial charge in [0.1, 0.15) is 11.2 Å². The predicted octanol–water partition coefficient (Wildman–Crippen LogP) is 16.7. The van der Waals surface area contributed by atoms with Crippen LogP contribution in [0.1, 0.15) is 0 Å². The van der Waals surface area contributed by atoms with E-state index in [1.807, 2.05) is 0 Å². The van der Waals surface area contributed by atoms with Crippen LogP contribution in [0, 0.1) is 0 Å². The molecule has 0 spiro atoms. The quantitative estimate of drug-likeness (QED) is 0.157. The molecule has 0 aliphatic rings. The number of benzene rings is 10. The molecule has 290 valence electrons. The van der Waals surface area contributed by atoms with Gasteiger partial charge in [0, 0.05) is 33.3 Å². The van der Waals surface area contributed by atoms with Crippen molar-refractivity contribution < 1.29 is 4.42 Å². The average Bonchev–Trinajstić information content (AvgIpc) is 3.89. The first-order valence-corrected chi connectivity index (χ1v) is 21.2. The molecule has 62 heavy (non-hydrogen) atoms. The molecule has 2 heteroatoms. The normalized spacial score (nSPS) is 11.5. The molecule has 0 fully saturated rings. The maximum Gasteiger partial charge on any atom is 0.137 e. The molecule has 0 N–H and O–H groups in total. The number of aromatic nitrogens is 1. The van der Waals surface area contributed by atoms with Crippen molar-refractivity contribution in [3.8, 4) is 72.4 Å². The average molecular weight is 790 g/mol. The van der Waals surface area contributed by atoms with Gasteiger partial charge in [0.05, 0.1) is 11.0 Å². The first-order chi connectivity index (χ1) is 30.7. The van der Waals surface area contributed by atoms with E-state index in [0.717, 1.165) is 61.0 Å². The second-order valence-corrected chi connectivity index (χ2v) is 16.1. The lowest BCUT2D eigenvalue weighted by Gasteiger charge is -2.17. The van der Waals surface area contributed by atoms with Crippen molar-refractivity contribution in [3.63, 3.8) is 0 Å². The van der Waals surface area contributed by atoms with Crippen LogP contribution in [0.15, 0.2) is 241 Å². The van der Waals surface area contributed by atoms with E-state index in [9.17, 15) is 0 Å². The van der Waals surface area contributed by atoms with Gasteiger partial charge in [-0.2, -0.15) is 0 Å². The summed E-state index contributed by atoms with van der Waals surface area (Å²) >= 11 is 0. The second kappa shape index (κ2) is 14.8. The summed E-state index contributed by atoms with van der Waals surface area (Å²) in [7, 11) is 0. The van der Waals surface area contributed by atoms with Crippen molar-refractivity contribution in [1.82, 2.24) is 4.57 Å². The Kier molecular flexibility index (Phi) is 8.53. The van der Waals surface area contributed by atoms with Gasteiger partial charge in [-0.3, -0.25) is 0 Å². The Bertz CT molecular complexity index is 3540. The fraction of sp³-hybridized carbons (Fsp3) is 0. The molecule has 2 heterocycles. The Balaban J connectivity index is 1.12. The van der Waals surface area contributed by atoms with E-state index >= 15 is 0 Å². The van der Waals surface area contributed by atoms with Crippen LogP contribution in [-0.2, 0) is 0 Å². The fourth-order valence-electron chi connectivity index (χ4n) is 9.45. The van der Waals surface area contributed by atoms with E-state index in [4.69, 9.17) is 4.42 Å². The van der Waals surface area contributed by atoms with E-state index in [-0.39, 0.29) is 0 Å². The van der Waals surface area contributed by atoms with Gasteiger partial charge < -0.3 is 8.98 Å². The number of fused-ring (bicyclic) bond motifs is 6. The Morgan fingerprint density at radius 2 is 0.790 bits per heavy atom. The molecule has 0 aliphatic carbocycles. The van der Waals surface area contributed by atoms with Gasteiger partial charge in [0.2, 0.25) is 0 Å². The molecule has 0 saturated heterocycles. The summed E-state index contributed by atoms with van der Waals surface area (Å²) in [5.41, 5.74) is 19.2. The van der Waals surface area contributed by atoms with Crippen molar-refractivity contribution in [2.75, 3.05) is 0 Å². The fourth-order valence-corrected chi connectivity index (χ4v) is 9.45. The zero-order valence-corrected chi connectivity index (χ0v) is 33.9. The third-order valence-electron chi connectivity index (χ3n) is 12.4. The van der Waals surface area contributed by atoms with E-state index in [2.05, 4.69) is 241 Å². The number of hydrogen-bond donors (Lipinski definition) is 0. The molecule has 0 unspecified atom stereocenters. The largest absolute Gasteiger partial charge is 0.456 e. The number of furan rings is 1. The summed E-state index contributed by atoms with van der Waals surface area (Å²) in [6, 6.07) is 85.5. The highest BCUT2D eigenvalue weighted by atomic mass is 16.3. The molecule has 2 nitrogen and oxygen atoms in total. The molecule has 0 saturated carbocycles. The van der Waals surface area contributed by atoms with Gasteiger partial charge in [-0.1, -0.05) is 170 Å². The highest BCUT2D eigenvalue weighted by Gasteiger charge is 2.21. The van der Waals surface area contributed by atoms with Crippen molar-refractivity contribution in [3.05, 3.63) is 237 Å². The Morgan fingerprint density at radius 1 is 0.258 bits per heavy atom. The first kappa shape index (κ1) is 35.7. The Morgan fingerprint density at radius 3 is 1.48 bits per heavy atom. The van der Waals surface area contributed by atoms with E-state index in [1.54, 1.807) is 0 Å². The van der Waals surface area contributed by atoms with Crippen molar-refractivity contribution in [2.45, 2.75) is 0 Å². The maximum atomic E-state index is 6.84. The van der Waals surface area contributed by atoms with Gasteiger partial charge in [-0.25, -0.2) is 0 Å². The molecule has 0 bridgehead atoms. The van der Waals surface area contributed by atoms with Crippen LogP contribution < -0.4 is 0 Å². The van der Waals surface area contributed by atoms with Crippen molar-refractivity contribution in [2.24, 2.45) is 0 Å². The molecule has 2 aromatic heterocycles. The van der Waals surface area contributed by atoms with Crippen LogP contribution in [0.25, 0.3) is 116 Å². The lowest BCUT2D eigenvalue weighted by atomic mass is 9.86. The van der Waals surface area contributed by atoms with E-state index in [0.29, 0.717) is 0 Å². The minimum atomic E-state index is 0.869. The van der Waals surface area contributed by atoms with Gasteiger partial charge >= 0.3 is 0 Å². The number of nitrogens with zero attached hydrogens (tertiary/aromatic N) is 1. The van der Waals surface area contributed by atoms with Gasteiger partial charge in [0.15, 0.2) is 0 Å². The third-order valence-corrected chi connectivity index (χ3v) is 12.4. The standard InChI is InChI=1S/C60H39NO/c1-5-17-40(18-6-1)43-23-15-24-44(33-43)45-31-32-50(53(37-45)48-35-46(41-19-7-2-8-20-41)34-47(36-48)42-21-9-3-10-22-42)52-28-16-30-58-60(52)55-38-54-51-27-13-14-29-56(51)61(49-25-11-4-12-26-49)57(54)39-59(55)62-58/h1-39H. The predicted molar refractivity (Wildman–Crippen MR) is 261 cm³/mol. The molecule has 0 amide bonds. The van der Waals surface area contributed by atoms with Crippen LogP contribution in [0.2, 0.25) is 0 Å². The third kappa shape index (κ3) is 6.12. The van der Waals surface area contributed by atoms with Crippen LogP contribution in [-0.4, -0.2) is 4.57 Å². The van der Waals surface area contributed by atoms with Crippen LogP contribution in [0.4, 0.5) is 0 Å². The van der Waals surface area contributed by atoms with Crippen molar-refractivity contribution in [1.29, 1.82) is 0 Å². The molecular formula is C60H39NO. The van der Waals surface area contributed by atoms with Gasteiger partial charge in [-0.15, -0.1) is 0 Å². The summed E-state index contributed by atoms with van der Waals surface area (Å²) in [6.45, 7) is 0. The lowest BCUT2D eigenvalue weighted by Crippen LogP contribution is -1.92. The summed E-state index contributed by atoms with van der Waals surface area (Å²) < 4.78 is 9.20. The monoisotopic (exact) mass is 789 g/mol. The first-order valence-electron chi connectivity index (χ1n) is 21.2. The van der Waals surface area contributed by atoms with Crippen molar-refractivity contribution >= 4 is 43.7 Å². The zero-order chi connectivity index (χ0) is 41.0. The highest BCUT2D eigenvalue weighted by Crippen LogP contribution is 2.46. The number of para-hydroxylation sites is 2. The summed E-state index contributed by atoms with van der Waals surface area (Å²) in [5.74, 6) is 0. The molecular weight excluding hydrogens is 751 g/mol. The zero-order valence-electron chi connectivity index (χ0n) is 33.9. The van der Waals surface area contributed by atoms with E-state index in [1.165, 1.54) is 55.2 Å². The minimum Gasteiger partial charge on any atom is -0.456 e. The molecule has 0 aliphatic heterocycles. The molecule has 0 atom stereocenters. The second-order valence-electron chi connectivity index (χ2n) is 16.1. The minimum absolute atomic E-state index is 0.869. The summed E-state index contributed by atoms with van der Waals surface area (Å²) in [4.78, 5) is 0. The molecule has 12 rings (SSSR count). The summed E-state index contributed by atoms with van der Waals surface area (Å²) in [5, 5.41) is 4.64. The summed E-state index contributed by atoms with van der Waals surface area (Å²) in [6.07, 6.45) is 0. The smallest absolute Gasteiger partial charge is 0.137 e. The van der Waals surface area contributed by atoms with Crippen LogP contribution in [0.3, 0.4) is 0 Å². The lowest BCUT2D eigenvalue weighted by molar-refractivity contribution is 0.669. The Labute approximate surface area is 360 Å². The number of rotatable bonds is 7. The van der Waals surface area contributed by atoms with Gasteiger partial charge in [-0.05, 0) is 127 Å². The Hall–Kier alpha value is -8.20. The number of hydrogen-bond acceptors (Lipinski definition) is 1. The van der Waals surface area contributed by atoms with Crippen LogP contribution >= 0.6 is 0 Å². The molecule has 10 aromatic carbocycles.